The maximum absolute atomic E-state index is 11.5. The first-order valence-corrected chi connectivity index (χ1v) is 6.08. The molecule has 98 valence electrons. The molecule has 1 unspecified atom stereocenters. The molecule has 0 radical (unpaired) electrons. The summed E-state index contributed by atoms with van der Waals surface area (Å²) in [5.74, 6) is -0.852. The van der Waals surface area contributed by atoms with E-state index in [1.165, 1.54) is 0 Å². The summed E-state index contributed by atoms with van der Waals surface area (Å²) < 4.78 is 1.76. The lowest BCUT2D eigenvalue weighted by Gasteiger charge is -2.29. The van der Waals surface area contributed by atoms with E-state index in [2.05, 4.69) is 6.07 Å². The van der Waals surface area contributed by atoms with Gasteiger partial charge in [-0.25, -0.2) is 4.79 Å². The highest BCUT2D eigenvalue weighted by Gasteiger charge is 2.33. The molecule has 0 bridgehead atoms. The molecule has 2 rings (SSSR count). The normalized spacial score (nSPS) is 13.2. The minimum atomic E-state index is -0.852. The van der Waals surface area contributed by atoms with E-state index in [4.69, 9.17) is 5.26 Å². The minimum absolute atomic E-state index is 0.397. The Labute approximate surface area is 111 Å². The molecule has 0 aliphatic carbocycles. The zero-order valence-electron chi connectivity index (χ0n) is 11.2. The highest BCUT2D eigenvalue weighted by atomic mass is 16.4. The van der Waals surface area contributed by atoms with Crippen LogP contribution in [0.15, 0.2) is 30.5 Å². The van der Waals surface area contributed by atoms with E-state index in [1.54, 1.807) is 29.0 Å². The maximum Gasteiger partial charge on any atom is 0.327 e. The van der Waals surface area contributed by atoms with Crippen LogP contribution in [0.25, 0.3) is 10.9 Å². The van der Waals surface area contributed by atoms with Crippen LogP contribution in [-0.4, -0.2) is 15.6 Å². The summed E-state index contributed by atoms with van der Waals surface area (Å²) in [6.07, 6.45) is 1.77. The van der Waals surface area contributed by atoms with Crippen LogP contribution < -0.4 is 0 Å². The SMILES string of the molecule is CC(C)(C)C(C(=O)O)n1ccc2cc(C#N)ccc21. The Morgan fingerprint density at radius 1 is 1.37 bits per heavy atom. The van der Waals surface area contributed by atoms with Crippen molar-refractivity contribution in [3.05, 3.63) is 36.0 Å². The van der Waals surface area contributed by atoms with Crippen LogP contribution in [0.5, 0.6) is 0 Å². The summed E-state index contributed by atoms with van der Waals surface area (Å²) in [5, 5.41) is 19.2. The van der Waals surface area contributed by atoms with E-state index in [9.17, 15) is 9.90 Å². The van der Waals surface area contributed by atoms with Crippen LogP contribution in [0, 0.1) is 16.7 Å². The van der Waals surface area contributed by atoms with Gasteiger partial charge in [-0.2, -0.15) is 5.26 Å². The van der Waals surface area contributed by atoms with Gasteiger partial charge in [0.25, 0.3) is 0 Å². The fraction of sp³-hybridized carbons (Fsp3) is 0.333. The van der Waals surface area contributed by atoms with Crippen molar-refractivity contribution in [2.24, 2.45) is 5.41 Å². The number of fused-ring (bicyclic) bond motifs is 1. The molecule has 0 amide bonds. The lowest BCUT2D eigenvalue weighted by molar-refractivity contribution is -0.144. The molecular weight excluding hydrogens is 240 g/mol. The molecule has 2 aromatic rings. The summed E-state index contributed by atoms with van der Waals surface area (Å²) in [6, 6.07) is 8.57. The molecule has 1 N–H and O–H groups in total. The molecule has 0 saturated heterocycles. The fourth-order valence-corrected chi connectivity index (χ4v) is 2.37. The van der Waals surface area contributed by atoms with Gasteiger partial charge in [-0.15, -0.1) is 0 Å². The van der Waals surface area contributed by atoms with Gasteiger partial charge in [0, 0.05) is 17.1 Å². The number of nitriles is 1. The van der Waals surface area contributed by atoms with Crippen molar-refractivity contribution < 1.29 is 9.90 Å². The molecule has 0 aliphatic rings. The first kappa shape index (κ1) is 13.2. The quantitative estimate of drug-likeness (QED) is 0.897. The van der Waals surface area contributed by atoms with E-state index >= 15 is 0 Å². The molecule has 0 fully saturated rings. The number of hydrogen-bond donors (Lipinski definition) is 1. The van der Waals surface area contributed by atoms with Gasteiger partial charge in [0.2, 0.25) is 0 Å². The van der Waals surface area contributed by atoms with Gasteiger partial charge in [-0.1, -0.05) is 20.8 Å². The number of rotatable bonds is 2. The van der Waals surface area contributed by atoms with Gasteiger partial charge in [0.15, 0.2) is 0 Å². The number of nitrogens with zero attached hydrogens (tertiary/aromatic N) is 2. The summed E-state index contributed by atoms with van der Waals surface area (Å²) in [7, 11) is 0. The third-order valence-corrected chi connectivity index (χ3v) is 3.18. The van der Waals surface area contributed by atoms with Crippen molar-refractivity contribution in [1.82, 2.24) is 4.57 Å². The molecule has 0 saturated carbocycles. The Hall–Kier alpha value is -2.28. The van der Waals surface area contributed by atoms with Crippen LogP contribution in [-0.2, 0) is 4.79 Å². The summed E-state index contributed by atoms with van der Waals surface area (Å²) in [6.45, 7) is 5.71. The summed E-state index contributed by atoms with van der Waals surface area (Å²) >= 11 is 0. The number of carboxylic acids is 1. The fourth-order valence-electron chi connectivity index (χ4n) is 2.37. The number of aliphatic carboxylic acids is 1. The van der Waals surface area contributed by atoms with Crippen LogP contribution in [0.2, 0.25) is 0 Å². The number of carboxylic acid groups (broad SMARTS) is 1. The highest BCUT2D eigenvalue weighted by molar-refractivity contribution is 5.84. The average molecular weight is 256 g/mol. The van der Waals surface area contributed by atoms with Crippen LogP contribution in [0.3, 0.4) is 0 Å². The summed E-state index contributed by atoms with van der Waals surface area (Å²) in [4.78, 5) is 11.5. The first-order valence-electron chi connectivity index (χ1n) is 6.08. The molecule has 4 heteroatoms. The second-order valence-electron chi connectivity index (χ2n) is 5.72. The van der Waals surface area contributed by atoms with E-state index in [0.717, 1.165) is 10.9 Å². The predicted molar refractivity (Wildman–Crippen MR) is 72.8 cm³/mol. The molecule has 4 nitrogen and oxygen atoms in total. The van der Waals surface area contributed by atoms with Crippen molar-refractivity contribution in [2.45, 2.75) is 26.8 Å². The lowest BCUT2D eigenvalue weighted by Crippen LogP contribution is -2.31. The smallest absolute Gasteiger partial charge is 0.327 e. The number of hydrogen-bond acceptors (Lipinski definition) is 2. The molecule has 0 aliphatic heterocycles. The molecule has 19 heavy (non-hydrogen) atoms. The van der Waals surface area contributed by atoms with Crippen LogP contribution >= 0.6 is 0 Å². The predicted octanol–water partition coefficient (Wildman–Crippen LogP) is 3.18. The Morgan fingerprint density at radius 2 is 2.05 bits per heavy atom. The van der Waals surface area contributed by atoms with Gasteiger partial charge < -0.3 is 9.67 Å². The lowest BCUT2D eigenvalue weighted by atomic mass is 9.86. The van der Waals surface area contributed by atoms with Crippen molar-refractivity contribution in [3.63, 3.8) is 0 Å². The van der Waals surface area contributed by atoms with Crippen molar-refractivity contribution in [2.75, 3.05) is 0 Å². The van der Waals surface area contributed by atoms with E-state index in [0.29, 0.717) is 5.56 Å². The van der Waals surface area contributed by atoms with Gasteiger partial charge in [0.05, 0.1) is 11.6 Å². The number of aromatic nitrogens is 1. The molecule has 0 spiro atoms. The largest absolute Gasteiger partial charge is 0.480 e. The average Bonchev–Trinajstić information content (AvgIpc) is 2.70. The molecule has 1 atom stereocenters. The third kappa shape index (κ3) is 2.32. The zero-order chi connectivity index (χ0) is 14.2. The van der Waals surface area contributed by atoms with Crippen molar-refractivity contribution >= 4 is 16.9 Å². The second-order valence-corrected chi connectivity index (χ2v) is 5.72. The maximum atomic E-state index is 11.5. The Balaban J connectivity index is 2.63. The number of benzene rings is 1. The van der Waals surface area contributed by atoms with Crippen LogP contribution in [0.1, 0.15) is 32.4 Å². The molecular formula is C15H16N2O2. The van der Waals surface area contributed by atoms with Crippen LogP contribution in [0.4, 0.5) is 0 Å². The van der Waals surface area contributed by atoms with Crippen molar-refractivity contribution in [1.29, 1.82) is 5.26 Å². The van der Waals surface area contributed by atoms with E-state index < -0.39 is 17.4 Å². The van der Waals surface area contributed by atoms with E-state index in [-0.39, 0.29) is 0 Å². The molecule has 1 aromatic carbocycles. The Morgan fingerprint density at radius 3 is 2.58 bits per heavy atom. The Bertz CT molecular complexity index is 671. The Kier molecular flexibility index (Phi) is 3.07. The number of carbonyl (C=O) groups is 1. The standard InChI is InChI=1S/C15H16N2O2/c1-15(2,3)13(14(18)19)17-7-6-11-8-10(9-16)4-5-12(11)17/h4-8,13H,1-3H3,(H,18,19). The monoisotopic (exact) mass is 256 g/mol. The molecule has 1 aromatic heterocycles. The highest BCUT2D eigenvalue weighted by Crippen LogP contribution is 2.34. The topological polar surface area (TPSA) is 66.0 Å². The van der Waals surface area contributed by atoms with Gasteiger partial charge in [0.1, 0.15) is 6.04 Å². The summed E-state index contributed by atoms with van der Waals surface area (Å²) in [5.41, 5.74) is 1.01. The zero-order valence-corrected chi connectivity index (χ0v) is 11.2. The third-order valence-electron chi connectivity index (χ3n) is 3.18. The van der Waals surface area contributed by atoms with Crippen molar-refractivity contribution in [3.8, 4) is 6.07 Å². The van der Waals surface area contributed by atoms with Gasteiger partial charge in [-0.3, -0.25) is 0 Å². The second kappa shape index (κ2) is 4.43. The minimum Gasteiger partial charge on any atom is -0.480 e. The molecule has 1 heterocycles. The van der Waals surface area contributed by atoms with Gasteiger partial charge in [-0.05, 0) is 29.7 Å². The first-order chi connectivity index (χ1) is 8.84. The van der Waals surface area contributed by atoms with E-state index in [1.807, 2.05) is 26.8 Å². The van der Waals surface area contributed by atoms with Gasteiger partial charge >= 0.3 is 5.97 Å².